The predicted octanol–water partition coefficient (Wildman–Crippen LogP) is 1.40. The van der Waals surface area contributed by atoms with Gasteiger partial charge in [-0.05, 0) is 42.5 Å². The van der Waals surface area contributed by atoms with Crippen LogP contribution in [0.15, 0.2) is 29.2 Å². The van der Waals surface area contributed by atoms with Gasteiger partial charge in [-0.1, -0.05) is 6.92 Å². The summed E-state index contributed by atoms with van der Waals surface area (Å²) in [4.78, 5) is 0.151. The van der Waals surface area contributed by atoms with E-state index < -0.39 is 10.0 Å². The Morgan fingerprint density at radius 3 is 2.38 bits per heavy atom. The molecule has 0 radical (unpaired) electrons. The second kappa shape index (κ2) is 4.07. The van der Waals surface area contributed by atoms with Gasteiger partial charge in [-0.2, -0.15) is 0 Å². The summed E-state index contributed by atoms with van der Waals surface area (Å²) in [5.41, 5.74) is 0.937. The van der Waals surface area contributed by atoms with Crippen molar-refractivity contribution in [3.8, 4) is 0 Å². The molecule has 0 aromatic heterocycles. The van der Waals surface area contributed by atoms with Crippen LogP contribution in [0.1, 0.15) is 13.3 Å². The van der Waals surface area contributed by atoms with Gasteiger partial charge in [-0.25, -0.2) is 13.6 Å². The Hall–Kier alpha value is -1.07. The average Bonchev–Trinajstić information content (AvgIpc) is 2.91. The van der Waals surface area contributed by atoms with Gasteiger partial charge in [-0.15, -0.1) is 0 Å². The molecule has 88 valence electrons. The average molecular weight is 240 g/mol. The Morgan fingerprint density at radius 1 is 1.38 bits per heavy atom. The fourth-order valence-corrected chi connectivity index (χ4v) is 2.21. The van der Waals surface area contributed by atoms with Gasteiger partial charge in [0, 0.05) is 12.2 Å². The number of anilines is 1. The van der Waals surface area contributed by atoms with Crippen LogP contribution in [-0.4, -0.2) is 15.0 Å². The number of benzene rings is 1. The first kappa shape index (κ1) is 11.4. The minimum atomic E-state index is -3.58. The molecule has 2 unspecified atom stereocenters. The molecule has 3 N–H and O–H groups in total. The topological polar surface area (TPSA) is 72.2 Å². The molecule has 1 aromatic rings. The van der Waals surface area contributed by atoms with Crippen molar-refractivity contribution in [2.75, 3.05) is 11.9 Å². The van der Waals surface area contributed by atoms with Crippen molar-refractivity contribution in [1.29, 1.82) is 0 Å². The van der Waals surface area contributed by atoms with E-state index in [-0.39, 0.29) is 4.90 Å². The summed E-state index contributed by atoms with van der Waals surface area (Å²) < 4.78 is 22.0. The van der Waals surface area contributed by atoms with Crippen molar-refractivity contribution >= 4 is 15.7 Å². The van der Waals surface area contributed by atoms with Crippen LogP contribution in [0.2, 0.25) is 0 Å². The van der Waals surface area contributed by atoms with Crippen LogP contribution in [0, 0.1) is 11.8 Å². The SMILES string of the molecule is CC1CC1CNc1ccc(S(N)(=O)=O)cc1. The molecule has 0 amide bonds. The third kappa shape index (κ3) is 2.74. The maximum atomic E-state index is 11.0. The second-order valence-electron chi connectivity index (χ2n) is 4.42. The summed E-state index contributed by atoms with van der Waals surface area (Å²) >= 11 is 0. The summed E-state index contributed by atoms with van der Waals surface area (Å²) in [6.07, 6.45) is 1.28. The predicted molar refractivity (Wildman–Crippen MR) is 63.6 cm³/mol. The van der Waals surface area contributed by atoms with Gasteiger partial charge in [0.25, 0.3) is 0 Å². The number of rotatable bonds is 4. The summed E-state index contributed by atoms with van der Waals surface area (Å²) in [5.74, 6) is 1.58. The van der Waals surface area contributed by atoms with Gasteiger partial charge in [0.1, 0.15) is 0 Å². The number of nitrogens with one attached hydrogen (secondary N) is 1. The minimum absolute atomic E-state index is 0.151. The number of sulfonamides is 1. The van der Waals surface area contributed by atoms with E-state index in [4.69, 9.17) is 5.14 Å². The van der Waals surface area contributed by atoms with Crippen molar-refractivity contribution in [2.45, 2.75) is 18.2 Å². The van der Waals surface area contributed by atoms with E-state index in [1.165, 1.54) is 18.6 Å². The highest BCUT2D eigenvalue weighted by Crippen LogP contribution is 2.37. The van der Waals surface area contributed by atoms with Crippen LogP contribution in [0.25, 0.3) is 0 Å². The van der Waals surface area contributed by atoms with Crippen LogP contribution in [0.5, 0.6) is 0 Å². The first-order chi connectivity index (χ1) is 7.47. The van der Waals surface area contributed by atoms with Gasteiger partial charge in [0.15, 0.2) is 0 Å². The molecule has 0 bridgehead atoms. The zero-order valence-corrected chi connectivity index (χ0v) is 10.00. The molecule has 2 atom stereocenters. The van der Waals surface area contributed by atoms with Crippen LogP contribution >= 0.6 is 0 Å². The van der Waals surface area contributed by atoms with Crippen LogP contribution in [0.3, 0.4) is 0 Å². The first-order valence-corrected chi connectivity index (χ1v) is 6.88. The monoisotopic (exact) mass is 240 g/mol. The fourth-order valence-electron chi connectivity index (χ4n) is 1.69. The number of hydrogen-bond acceptors (Lipinski definition) is 3. The molecule has 0 spiro atoms. The van der Waals surface area contributed by atoms with Crippen molar-refractivity contribution in [3.05, 3.63) is 24.3 Å². The normalized spacial score (nSPS) is 24.1. The van der Waals surface area contributed by atoms with Gasteiger partial charge >= 0.3 is 0 Å². The molecule has 1 fully saturated rings. The quantitative estimate of drug-likeness (QED) is 0.835. The Balaban J connectivity index is 1.97. The van der Waals surface area contributed by atoms with Crippen LogP contribution in [-0.2, 0) is 10.0 Å². The van der Waals surface area contributed by atoms with Crippen molar-refractivity contribution in [1.82, 2.24) is 0 Å². The molecular formula is C11H16N2O2S. The lowest BCUT2D eigenvalue weighted by Gasteiger charge is -2.06. The molecule has 2 rings (SSSR count). The molecule has 0 aliphatic heterocycles. The Kier molecular flexibility index (Phi) is 2.90. The van der Waals surface area contributed by atoms with Gasteiger partial charge in [-0.3, -0.25) is 0 Å². The Bertz CT molecular complexity index is 467. The Morgan fingerprint density at radius 2 is 1.94 bits per heavy atom. The van der Waals surface area contributed by atoms with E-state index in [9.17, 15) is 8.42 Å². The third-order valence-electron chi connectivity index (χ3n) is 3.03. The highest BCUT2D eigenvalue weighted by molar-refractivity contribution is 7.89. The molecule has 1 aromatic carbocycles. The zero-order valence-electron chi connectivity index (χ0n) is 9.18. The van der Waals surface area contributed by atoms with Gasteiger partial charge in [0.2, 0.25) is 10.0 Å². The molecule has 1 aliphatic rings. The molecule has 0 heterocycles. The highest BCUT2D eigenvalue weighted by Gasteiger charge is 2.31. The fraction of sp³-hybridized carbons (Fsp3) is 0.455. The zero-order chi connectivity index (χ0) is 11.8. The lowest BCUT2D eigenvalue weighted by molar-refractivity contribution is 0.598. The largest absolute Gasteiger partial charge is 0.385 e. The number of primary sulfonamides is 1. The van der Waals surface area contributed by atoms with E-state index in [1.54, 1.807) is 12.1 Å². The molecule has 16 heavy (non-hydrogen) atoms. The minimum Gasteiger partial charge on any atom is -0.385 e. The van der Waals surface area contributed by atoms with E-state index in [0.29, 0.717) is 0 Å². The number of nitrogens with two attached hydrogens (primary N) is 1. The lowest BCUT2D eigenvalue weighted by atomic mass is 10.3. The van der Waals surface area contributed by atoms with Crippen LogP contribution < -0.4 is 10.5 Å². The van der Waals surface area contributed by atoms with E-state index in [1.807, 2.05) is 0 Å². The smallest absolute Gasteiger partial charge is 0.238 e. The van der Waals surface area contributed by atoms with E-state index >= 15 is 0 Å². The molecule has 0 saturated heterocycles. The molecule has 4 nitrogen and oxygen atoms in total. The van der Waals surface area contributed by atoms with Crippen molar-refractivity contribution in [3.63, 3.8) is 0 Å². The van der Waals surface area contributed by atoms with E-state index in [0.717, 1.165) is 24.1 Å². The standard InChI is InChI=1S/C11H16N2O2S/c1-8-6-9(8)7-13-10-2-4-11(5-3-10)16(12,14)15/h2-5,8-9,13H,6-7H2,1H3,(H2,12,14,15). The van der Waals surface area contributed by atoms with E-state index in [2.05, 4.69) is 12.2 Å². The molecule has 1 saturated carbocycles. The molecule has 1 aliphatic carbocycles. The maximum absolute atomic E-state index is 11.0. The second-order valence-corrected chi connectivity index (χ2v) is 5.98. The third-order valence-corrected chi connectivity index (χ3v) is 3.96. The van der Waals surface area contributed by atoms with Crippen molar-refractivity contribution < 1.29 is 8.42 Å². The summed E-state index contributed by atoms with van der Waals surface area (Å²) in [5, 5.41) is 8.29. The van der Waals surface area contributed by atoms with Gasteiger partial charge in [0.05, 0.1) is 4.90 Å². The number of hydrogen-bond donors (Lipinski definition) is 2. The highest BCUT2D eigenvalue weighted by atomic mass is 32.2. The summed E-state index contributed by atoms with van der Waals surface area (Å²) in [7, 11) is -3.58. The van der Waals surface area contributed by atoms with Crippen molar-refractivity contribution in [2.24, 2.45) is 17.0 Å². The summed E-state index contributed by atoms with van der Waals surface area (Å²) in [6.45, 7) is 3.19. The Labute approximate surface area is 95.9 Å². The first-order valence-electron chi connectivity index (χ1n) is 5.33. The lowest BCUT2D eigenvalue weighted by Crippen LogP contribution is -2.12. The molecular weight excluding hydrogens is 224 g/mol. The molecule has 5 heteroatoms. The van der Waals surface area contributed by atoms with Gasteiger partial charge < -0.3 is 5.32 Å². The maximum Gasteiger partial charge on any atom is 0.238 e. The summed E-state index contributed by atoms with van der Waals surface area (Å²) in [6, 6.07) is 6.53. The van der Waals surface area contributed by atoms with Crippen LogP contribution in [0.4, 0.5) is 5.69 Å².